The molecular weight excluding hydrogens is 489 g/mol. The van der Waals surface area contributed by atoms with Gasteiger partial charge in [-0.1, -0.05) is 64.3 Å². The molecule has 0 fully saturated rings. The number of halogens is 3. The Kier molecular flexibility index (Phi) is 6.44. The molecule has 0 spiro atoms. The second-order valence-electron chi connectivity index (χ2n) is 6.73. The van der Waals surface area contributed by atoms with E-state index < -0.39 is 0 Å². The molecule has 0 N–H and O–H groups in total. The average Bonchev–Trinajstić information content (AvgIpc) is 3.37. The number of nitrogens with zero attached hydrogens (tertiary/aromatic N) is 7. The molecule has 2 heterocycles. The molecule has 2 aromatic carbocycles. The molecule has 11 heteroatoms. The van der Waals surface area contributed by atoms with Crippen LogP contribution in [-0.4, -0.2) is 28.9 Å². The lowest BCUT2D eigenvalue weighted by atomic mass is 10.2. The van der Waals surface area contributed by atoms with Crippen molar-refractivity contribution in [3.63, 3.8) is 0 Å². The molecule has 0 aliphatic rings. The number of azo groups is 1. The predicted molar refractivity (Wildman–Crippen MR) is 129 cm³/mol. The van der Waals surface area contributed by atoms with Gasteiger partial charge in [-0.3, -0.25) is 0 Å². The van der Waals surface area contributed by atoms with Crippen LogP contribution in [-0.2, 0) is 0 Å². The van der Waals surface area contributed by atoms with Crippen LogP contribution in [0.3, 0.4) is 0 Å². The highest BCUT2D eigenvalue weighted by molar-refractivity contribution is 7.19. The van der Waals surface area contributed by atoms with Gasteiger partial charge in [-0.05, 0) is 24.3 Å². The first kappa shape index (κ1) is 22.2. The molecule has 2 aromatic heterocycles. The van der Waals surface area contributed by atoms with Crippen molar-refractivity contribution in [2.24, 2.45) is 10.2 Å². The average molecular weight is 503 g/mol. The second-order valence-corrected chi connectivity index (χ2v) is 8.93. The van der Waals surface area contributed by atoms with E-state index in [1.165, 1.54) is 22.2 Å². The van der Waals surface area contributed by atoms with Crippen LogP contribution in [0.5, 0.6) is 0 Å². The van der Waals surface area contributed by atoms with Gasteiger partial charge in [-0.15, -0.1) is 10.2 Å². The van der Waals surface area contributed by atoms with Crippen molar-refractivity contribution in [2.75, 3.05) is 19.0 Å². The van der Waals surface area contributed by atoms with Gasteiger partial charge in [0.15, 0.2) is 16.0 Å². The van der Waals surface area contributed by atoms with Crippen molar-refractivity contribution in [3.05, 3.63) is 69.3 Å². The van der Waals surface area contributed by atoms with Crippen molar-refractivity contribution in [1.29, 1.82) is 5.26 Å². The largest absolute Gasteiger partial charge is 0.354 e. The summed E-state index contributed by atoms with van der Waals surface area (Å²) in [6, 6.07) is 14.5. The minimum atomic E-state index is 0.212. The molecule has 0 aliphatic carbocycles. The molecule has 4 rings (SSSR count). The van der Waals surface area contributed by atoms with Crippen LogP contribution in [0.1, 0.15) is 5.56 Å². The third kappa shape index (κ3) is 4.33. The van der Waals surface area contributed by atoms with E-state index in [2.05, 4.69) is 26.4 Å². The molecule has 0 radical (unpaired) electrons. The number of thiazole rings is 1. The summed E-state index contributed by atoms with van der Waals surface area (Å²) in [5.74, 6) is 0.212. The molecule has 7 nitrogen and oxygen atoms in total. The minimum absolute atomic E-state index is 0.212. The lowest BCUT2D eigenvalue weighted by Crippen LogP contribution is -2.07. The van der Waals surface area contributed by atoms with Gasteiger partial charge in [0, 0.05) is 24.7 Å². The first-order chi connectivity index (χ1) is 15.4. The lowest BCUT2D eigenvalue weighted by molar-refractivity contribution is 0.871. The molecule has 4 aromatic rings. The van der Waals surface area contributed by atoms with Crippen molar-refractivity contribution in [1.82, 2.24) is 14.8 Å². The zero-order chi connectivity index (χ0) is 22.8. The molecule has 0 atom stereocenters. The van der Waals surface area contributed by atoms with Gasteiger partial charge in [-0.2, -0.15) is 10.4 Å². The van der Waals surface area contributed by atoms with Gasteiger partial charge in [0.2, 0.25) is 0 Å². The Bertz CT molecular complexity index is 1330. The number of rotatable bonds is 5. The Hall–Kier alpha value is -2.96. The number of benzene rings is 2. The Labute approximate surface area is 203 Å². The fourth-order valence-corrected chi connectivity index (χ4v) is 4.34. The summed E-state index contributed by atoms with van der Waals surface area (Å²) >= 11 is 20.1. The third-order valence-electron chi connectivity index (χ3n) is 4.35. The standard InChI is InChI=1S/C21H14Cl3N7S/c1-30(2)21-27-17(12-6-8-14(22)9-7-12)20(32-21)29-28-19-13(10-25)11-26-31(19)18-15(23)4-3-5-16(18)24/h3-9,11H,1-2H3. The number of anilines is 1. The highest BCUT2D eigenvalue weighted by Gasteiger charge is 2.19. The number of para-hydroxylation sites is 1. The van der Waals surface area contributed by atoms with Gasteiger partial charge >= 0.3 is 0 Å². The van der Waals surface area contributed by atoms with Crippen molar-refractivity contribution < 1.29 is 0 Å². The van der Waals surface area contributed by atoms with Crippen LogP contribution in [0, 0.1) is 11.3 Å². The Morgan fingerprint density at radius 2 is 1.72 bits per heavy atom. The predicted octanol–water partition coefficient (Wildman–Crippen LogP) is 7.31. The van der Waals surface area contributed by atoms with E-state index in [4.69, 9.17) is 34.8 Å². The third-order valence-corrected chi connectivity index (χ3v) is 6.32. The van der Waals surface area contributed by atoms with Gasteiger partial charge in [0.1, 0.15) is 23.0 Å². The summed E-state index contributed by atoms with van der Waals surface area (Å²) in [7, 11) is 3.79. The van der Waals surface area contributed by atoms with Crippen LogP contribution in [0.25, 0.3) is 16.9 Å². The molecule has 0 saturated heterocycles. The van der Waals surface area contributed by atoms with Gasteiger partial charge in [-0.25, -0.2) is 9.67 Å². The van der Waals surface area contributed by atoms with E-state index in [1.54, 1.807) is 30.3 Å². The quantitative estimate of drug-likeness (QED) is 0.268. The van der Waals surface area contributed by atoms with Gasteiger partial charge < -0.3 is 4.90 Å². The summed E-state index contributed by atoms with van der Waals surface area (Å²) in [6.07, 6.45) is 1.39. The molecule has 0 saturated carbocycles. The molecule has 32 heavy (non-hydrogen) atoms. The Morgan fingerprint density at radius 1 is 1.03 bits per heavy atom. The van der Waals surface area contributed by atoms with Gasteiger partial charge in [0.25, 0.3) is 0 Å². The highest BCUT2D eigenvalue weighted by Crippen LogP contribution is 2.41. The van der Waals surface area contributed by atoms with E-state index in [1.807, 2.05) is 31.1 Å². The van der Waals surface area contributed by atoms with Crippen LogP contribution in [0.15, 0.2) is 58.9 Å². The van der Waals surface area contributed by atoms with Crippen LogP contribution in [0.2, 0.25) is 15.1 Å². The van der Waals surface area contributed by atoms with Gasteiger partial charge in [0.05, 0.1) is 16.2 Å². The lowest BCUT2D eigenvalue weighted by Gasteiger charge is -2.08. The topological polar surface area (TPSA) is 82.5 Å². The Balaban J connectivity index is 1.83. The summed E-state index contributed by atoms with van der Waals surface area (Å²) in [4.78, 5) is 6.57. The molecular formula is C21H14Cl3N7S. The van der Waals surface area contributed by atoms with E-state index >= 15 is 0 Å². The summed E-state index contributed by atoms with van der Waals surface area (Å²) in [5, 5.41) is 25.3. The fraction of sp³-hybridized carbons (Fsp3) is 0.0952. The van der Waals surface area contributed by atoms with E-state index in [0.29, 0.717) is 31.5 Å². The SMILES string of the molecule is CN(C)c1nc(-c2ccc(Cl)cc2)c(N=Nc2c(C#N)cnn2-c2c(Cl)cccc2Cl)s1. The number of nitriles is 1. The molecule has 0 bridgehead atoms. The fourth-order valence-electron chi connectivity index (χ4n) is 2.82. The van der Waals surface area contributed by atoms with E-state index in [0.717, 1.165) is 10.7 Å². The normalized spacial score (nSPS) is 11.1. The summed E-state index contributed by atoms with van der Waals surface area (Å²) in [5.41, 5.74) is 2.15. The van der Waals surface area contributed by atoms with Crippen LogP contribution >= 0.6 is 46.1 Å². The van der Waals surface area contributed by atoms with Crippen molar-refractivity contribution >= 4 is 62.1 Å². The number of hydrogen-bond donors (Lipinski definition) is 0. The van der Waals surface area contributed by atoms with Crippen LogP contribution < -0.4 is 4.90 Å². The maximum atomic E-state index is 9.55. The maximum absolute atomic E-state index is 9.55. The van der Waals surface area contributed by atoms with E-state index in [9.17, 15) is 5.26 Å². The summed E-state index contributed by atoms with van der Waals surface area (Å²) < 4.78 is 1.41. The highest BCUT2D eigenvalue weighted by atomic mass is 35.5. The van der Waals surface area contributed by atoms with Crippen LogP contribution in [0.4, 0.5) is 16.0 Å². The first-order valence-electron chi connectivity index (χ1n) is 9.17. The smallest absolute Gasteiger partial charge is 0.195 e. The zero-order valence-corrected chi connectivity index (χ0v) is 19.9. The van der Waals surface area contributed by atoms with Crippen molar-refractivity contribution in [2.45, 2.75) is 0 Å². The maximum Gasteiger partial charge on any atom is 0.195 e. The second kappa shape index (κ2) is 9.27. The minimum Gasteiger partial charge on any atom is -0.354 e. The number of aromatic nitrogens is 3. The molecule has 0 aliphatic heterocycles. The zero-order valence-electron chi connectivity index (χ0n) is 16.8. The Morgan fingerprint density at radius 3 is 2.34 bits per heavy atom. The van der Waals surface area contributed by atoms with E-state index in [-0.39, 0.29) is 11.4 Å². The molecule has 0 unspecified atom stereocenters. The monoisotopic (exact) mass is 501 g/mol. The van der Waals surface area contributed by atoms with Crippen molar-refractivity contribution in [3.8, 4) is 23.0 Å². The first-order valence-corrected chi connectivity index (χ1v) is 11.1. The molecule has 0 amide bonds. The molecule has 160 valence electrons. The summed E-state index contributed by atoms with van der Waals surface area (Å²) in [6.45, 7) is 0. The number of hydrogen-bond acceptors (Lipinski definition) is 7.